The molecule has 736 valence electrons. The normalized spacial score (nSPS) is 34.0. The number of carbonyl (C=O) groups is 14. The van der Waals surface area contributed by atoms with Crippen molar-refractivity contribution in [1.29, 1.82) is 0 Å². The number of carboxylic acid groups (broad SMARTS) is 3. The Labute approximate surface area is 740 Å². The van der Waals surface area contributed by atoms with Crippen molar-refractivity contribution in [3.63, 3.8) is 0 Å². The maximum absolute atomic E-state index is 13.2. The van der Waals surface area contributed by atoms with Crippen LogP contribution in [0.4, 0.5) is 0 Å². The van der Waals surface area contributed by atoms with Gasteiger partial charge in [-0.05, 0) is 19.3 Å². The summed E-state index contributed by atoms with van der Waals surface area (Å²) < 4.78 is 57.4. The summed E-state index contributed by atoms with van der Waals surface area (Å²) in [4.78, 5) is 177. The molecule has 6 aliphatic rings. The minimum atomic E-state index is -3.19. The minimum absolute atomic E-state index is 0.0805. The smallest absolute Gasteiger partial charge is 0.364 e. The van der Waals surface area contributed by atoms with E-state index in [-0.39, 0.29) is 32.4 Å². The van der Waals surface area contributed by atoms with E-state index < -0.39 is 379 Å². The number of aliphatic hydroxyl groups excluding tert-OH is 18. The van der Waals surface area contributed by atoms with E-state index in [4.69, 9.17) is 52.5 Å². The Morgan fingerprint density at radius 1 is 0.411 bits per heavy atom. The summed E-state index contributed by atoms with van der Waals surface area (Å²) in [6.45, 7) is -5.91. The van der Waals surface area contributed by atoms with Crippen molar-refractivity contribution in [3.8, 4) is 0 Å². The van der Waals surface area contributed by atoms with Crippen LogP contribution >= 0.6 is 23.5 Å². The first-order valence-electron chi connectivity index (χ1n) is 40.1. The van der Waals surface area contributed by atoms with Gasteiger partial charge >= 0.3 is 17.9 Å². The van der Waals surface area contributed by atoms with Crippen LogP contribution in [0.1, 0.15) is 66.2 Å². The van der Waals surface area contributed by atoms with Gasteiger partial charge in [0.1, 0.15) is 139 Å². The first kappa shape index (κ1) is 110. The van der Waals surface area contributed by atoms with Gasteiger partial charge in [0.2, 0.25) is 65.0 Å². The molecule has 58 heteroatoms. The van der Waals surface area contributed by atoms with Gasteiger partial charge in [-0.3, -0.25) is 57.5 Å². The van der Waals surface area contributed by atoms with E-state index in [1.54, 1.807) is 0 Å². The van der Waals surface area contributed by atoms with E-state index in [1.807, 2.05) is 0 Å². The van der Waals surface area contributed by atoms with Gasteiger partial charge in [0, 0.05) is 53.6 Å². The second kappa shape index (κ2) is 51.4. The van der Waals surface area contributed by atoms with Crippen LogP contribution in [0.15, 0.2) is 0 Å². The zero-order valence-corrected chi connectivity index (χ0v) is 71.2. The lowest BCUT2D eigenvalue weighted by molar-refractivity contribution is -0.379. The lowest BCUT2D eigenvalue weighted by Crippen LogP contribution is -2.71. The summed E-state index contributed by atoms with van der Waals surface area (Å²) in [5, 5.41) is 250. The highest BCUT2D eigenvalue weighted by atomic mass is 32.2. The Kier molecular flexibility index (Phi) is 43.8. The number of carboxylic acids is 3. The SMILES string of the molecule is CC(=O)N[C@@H]1[C@@H](O)[C@H](O[C@@H]2O[C@H](CO)[C@H](O)[C@H](O[C@]3(C(=O)O)C[C@H](O)[C@@H](NC(C)=O)[C@H]([C@H](O)[C@H](O)CO)O3)[C@H]2O)[C@@H](CO)O[C@H]1SCC(=O)NCC(=O)NCC(=O)NCCCC[C@H](NC(=O)CNC(=O)CNC(=O)CS[C@@H]1O[C@H](CO)[C@@H](O[C@@H]2O[C@H](CO)[C@H](O)[C@H](O[C@]3(C(=O)O)C[C@H](O)[C@@H](NC(C)=O)[C@H]([C@H](O)[C@H](O)CO)O3)[C@H]2O)[C@H](O)[C@H]1NC(C)=O)C(=O)NCCC(=O)O. The number of carbonyl (C=O) groups excluding carboxylic acids is 11. The van der Waals surface area contributed by atoms with E-state index in [1.165, 1.54) is 0 Å². The Hall–Kier alpha value is -7.84. The third-order valence-corrected chi connectivity index (χ3v) is 23.1. The number of thioether (sulfide) groups is 2. The van der Waals surface area contributed by atoms with Crippen LogP contribution < -0.4 is 58.5 Å². The molecule has 56 nitrogen and oxygen atoms in total. The van der Waals surface area contributed by atoms with Crippen LogP contribution in [-0.4, -0.2) is 480 Å². The summed E-state index contributed by atoms with van der Waals surface area (Å²) in [5.41, 5.74) is -2.87. The topological polar surface area (TPSA) is 888 Å². The van der Waals surface area contributed by atoms with E-state index >= 15 is 0 Å². The standard InChI is InChI=1S/C71H115N11O45S2/c1-25(89)78-45-30(93)11-70(68(114)115,124-59(45)49(105)32(95)17-83)126-61-51(107)34(19-85)118-64(55(61)111)122-57-36(21-87)120-66(47(53(57)109)80-27(3)91)128-23-42(101)76-14-39(98)74-13-38(97)72-9-6-5-7-29(63(113)73-10-8-44(103)104)82-41(100)16-75-40(99)15-77-43(102)24-129-67-48(81-28(4)92)54(110)58(37(22-88)121-67)123-65-56(112)62(52(108)35(20-86)119-65)127-71(69(116)117)12-31(94)46(79-26(2)90)60(125-71)50(106)33(96)18-84/h29-37,45-62,64-67,83-88,93-96,105-112H,5-24H2,1-4H3,(H,72,97)(H,73,113)(H,74,98)(H,75,99)(H,76,101)(H,77,102)(H,78,89)(H,79,90)(H,80,91)(H,81,92)(H,82,100)(H,103,104)(H,114,115)(H,116,117)/t29-,30-,31-,32+,33+,34+,35+,36+,37+,45+,46+,47+,48+,49+,50+,51-,52-,53+,54+,55+,56+,57+,58+,59+,60+,61-,62-,64-,65-,66-,67-,70-,71-/m0/s1. The molecule has 0 aromatic carbocycles. The van der Waals surface area contributed by atoms with Gasteiger partial charge < -0.3 is 213 Å². The number of hydrogen-bond donors (Lipinski definition) is 32. The molecule has 6 fully saturated rings. The summed E-state index contributed by atoms with van der Waals surface area (Å²) in [6, 6.07) is -7.80. The van der Waals surface area contributed by atoms with Crippen molar-refractivity contribution in [2.45, 2.75) is 266 Å². The molecule has 6 saturated heterocycles. The molecule has 6 aliphatic heterocycles. The third-order valence-electron chi connectivity index (χ3n) is 20.8. The third kappa shape index (κ3) is 30.6. The van der Waals surface area contributed by atoms with Crippen LogP contribution in [0, 0.1) is 0 Å². The number of nitrogens with one attached hydrogen (secondary N) is 11. The molecule has 0 bridgehead atoms. The maximum Gasteiger partial charge on any atom is 0.364 e. The Balaban J connectivity index is 0.943. The fourth-order valence-corrected chi connectivity index (χ4v) is 16.5. The highest BCUT2D eigenvalue weighted by molar-refractivity contribution is 8.00. The van der Waals surface area contributed by atoms with Gasteiger partial charge in [0.15, 0.2) is 12.6 Å². The van der Waals surface area contributed by atoms with Crippen molar-refractivity contribution >= 4 is 106 Å². The molecule has 0 unspecified atom stereocenters. The summed E-state index contributed by atoms with van der Waals surface area (Å²) in [5.74, 6) is -22.4. The zero-order valence-electron chi connectivity index (χ0n) is 69.5. The monoisotopic (exact) mass is 1910 g/mol. The predicted octanol–water partition coefficient (Wildman–Crippen LogP) is -18.8. The second-order valence-electron chi connectivity index (χ2n) is 30.6. The van der Waals surface area contributed by atoms with Crippen LogP contribution in [0.25, 0.3) is 0 Å². The Morgan fingerprint density at radius 3 is 1.12 bits per heavy atom. The van der Waals surface area contributed by atoms with Crippen molar-refractivity contribution in [1.82, 2.24) is 58.5 Å². The van der Waals surface area contributed by atoms with Crippen molar-refractivity contribution in [2.75, 3.05) is 90.4 Å². The first-order chi connectivity index (χ1) is 60.7. The number of unbranched alkanes of at least 4 members (excludes halogenated alkanes) is 1. The second-order valence-corrected chi connectivity index (χ2v) is 32.7. The van der Waals surface area contributed by atoms with E-state index in [9.17, 15) is 169 Å². The van der Waals surface area contributed by atoms with Gasteiger partial charge in [-0.1, -0.05) is 0 Å². The van der Waals surface area contributed by atoms with E-state index in [0.29, 0.717) is 23.5 Å². The highest BCUT2D eigenvalue weighted by Crippen LogP contribution is 2.42. The number of hydrogen-bond acceptors (Lipinski definition) is 44. The number of ether oxygens (including phenoxy) is 10. The summed E-state index contributed by atoms with van der Waals surface area (Å²) in [7, 11) is 0. The molecular weight excluding hydrogens is 1790 g/mol. The van der Waals surface area contributed by atoms with Gasteiger partial charge in [-0.15, -0.1) is 23.5 Å². The molecular formula is C71H115N11O45S2. The highest BCUT2D eigenvalue weighted by Gasteiger charge is 2.63. The predicted molar refractivity (Wildman–Crippen MR) is 420 cm³/mol. The summed E-state index contributed by atoms with van der Waals surface area (Å²) in [6.07, 6.45) is -52.1. The van der Waals surface area contributed by atoms with Crippen molar-refractivity contribution < 1.29 is 222 Å². The van der Waals surface area contributed by atoms with Gasteiger partial charge in [-0.25, -0.2) is 9.59 Å². The van der Waals surface area contributed by atoms with Crippen LogP contribution in [0.2, 0.25) is 0 Å². The molecule has 33 atom stereocenters. The minimum Gasteiger partial charge on any atom is -0.481 e. The molecule has 6 heterocycles. The number of aliphatic hydroxyl groups is 18. The van der Waals surface area contributed by atoms with Gasteiger partial charge in [0.05, 0.1) is 120 Å². The molecule has 0 aliphatic carbocycles. The van der Waals surface area contributed by atoms with Gasteiger partial charge in [-0.2, -0.15) is 0 Å². The average molecular weight is 1910 g/mol. The van der Waals surface area contributed by atoms with E-state index in [2.05, 4.69) is 58.5 Å². The molecule has 6 rings (SSSR count). The average Bonchev–Trinajstić information content (AvgIpc) is 0.750. The van der Waals surface area contributed by atoms with Crippen LogP contribution in [-0.2, 0) is 114 Å². The fraction of sp³-hybridized carbons (Fsp3) is 0.803. The van der Waals surface area contributed by atoms with Gasteiger partial charge in [0.25, 0.3) is 11.6 Å². The van der Waals surface area contributed by atoms with Crippen LogP contribution in [0.5, 0.6) is 0 Å². The lowest BCUT2D eigenvalue weighted by atomic mass is 9.88. The molecule has 11 amide bonds. The zero-order chi connectivity index (χ0) is 96.4. The number of aliphatic carboxylic acids is 3. The quantitative estimate of drug-likeness (QED) is 0.0252. The largest absolute Gasteiger partial charge is 0.481 e. The van der Waals surface area contributed by atoms with E-state index in [0.717, 1.165) is 27.7 Å². The number of rotatable bonds is 48. The molecule has 129 heavy (non-hydrogen) atoms. The lowest BCUT2D eigenvalue weighted by Gasteiger charge is -2.51. The molecule has 0 saturated carbocycles. The molecule has 0 aromatic heterocycles. The Bertz CT molecular complexity index is 3770. The first-order valence-corrected chi connectivity index (χ1v) is 42.2. The fourth-order valence-electron chi connectivity index (χ4n) is 14.3. The summed E-state index contributed by atoms with van der Waals surface area (Å²) >= 11 is 1.23. The molecule has 0 aromatic rings. The molecule has 0 spiro atoms. The van der Waals surface area contributed by atoms with Crippen molar-refractivity contribution in [3.05, 3.63) is 0 Å². The van der Waals surface area contributed by atoms with Crippen LogP contribution in [0.3, 0.4) is 0 Å². The molecule has 32 N–H and O–H groups in total. The van der Waals surface area contributed by atoms with Crippen molar-refractivity contribution in [2.24, 2.45) is 0 Å². The molecule has 0 radical (unpaired) electrons. The Morgan fingerprint density at radius 2 is 0.767 bits per heavy atom. The maximum atomic E-state index is 13.2. The number of amides is 11.